The number of rotatable bonds is 4. The first-order valence-electron chi connectivity index (χ1n) is 8.46. The number of amides is 2. The zero-order chi connectivity index (χ0) is 16.5. The summed E-state index contributed by atoms with van der Waals surface area (Å²) in [6.07, 6.45) is 2.63. The maximum atomic E-state index is 12.4. The monoisotopic (exact) mass is 320 g/mol. The molecule has 1 saturated heterocycles. The van der Waals surface area contributed by atoms with Gasteiger partial charge in [0.1, 0.15) is 0 Å². The van der Waals surface area contributed by atoms with Gasteiger partial charge in [-0.25, -0.2) is 0 Å². The predicted octanol–water partition coefficient (Wildman–Crippen LogP) is 2.85. The molecule has 1 unspecified atom stereocenters. The Morgan fingerprint density at radius 3 is 2.29 bits per heavy atom. The number of nitrogens with one attached hydrogen (secondary N) is 1. The van der Waals surface area contributed by atoms with Crippen molar-refractivity contribution in [1.29, 1.82) is 0 Å². The molecule has 1 aliphatic heterocycles. The third-order valence-corrected chi connectivity index (χ3v) is 4.74. The van der Waals surface area contributed by atoms with Gasteiger partial charge in [0.2, 0.25) is 5.91 Å². The van der Waals surface area contributed by atoms with E-state index < -0.39 is 0 Å². The van der Waals surface area contributed by atoms with Gasteiger partial charge in [-0.05, 0) is 36.1 Å². The summed E-state index contributed by atoms with van der Waals surface area (Å²) in [4.78, 5) is 26.3. The third-order valence-electron chi connectivity index (χ3n) is 4.74. The summed E-state index contributed by atoms with van der Waals surface area (Å²) in [7, 11) is 0. The van der Waals surface area contributed by atoms with Gasteiger partial charge in [0.25, 0.3) is 5.91 Å². The molecule has 1 N–H and O–H groups in total. The van der Waals surface area contributed by atoms with Gasteiger partial charge < -0.3 is 10.2 Å². The van der Waals surface area contributed by atoms with Gasteiger partial charge >= 0.3 is 0 Å². The van der Waals surface area contributed by atoms with E-state index >= 15 is 0 Å². The zero-order valence-electron chi connectivity index (χ0n) is 13.4. The quantitative estimate of drug-likeness (QED) is 0.942. The van der Waals surface area contributed by atoms with E-state index in [1.807, 2.05) is 59.5 Å². The Labute approximate surface area is 141 Å². The smallest absolute Gasteiger partial charge is 0.251 e. The summed E-state index contributed by atoms with van der Waals surface area (Å²) in [6, 6.07) is 18.0. The van der Waals surface area contributed by atoms with E-state index in [-0.39, 0.29) is 17.9 Å². The minimum Gasteiger partial charge on any atom is -0.347 e. The molecule has 0 radical (unpaired) electrons. The number of carbonyl (C=O) groups excluding carboxylic acids is 2. The molecule has 4 nitrogen and oxygen atoms in total. The second kappa shape index (κ2) is 6.11. The maximum Gasteiger partial charge on any atom is 0.251 e. The van der Waals surface area contributed by atoms with Crippen molar-refractivity contribution in [2.45, 2.75) is 31.3 Å². The lowest BCUT2D eigenvalue weighted by molar-refractivity contribution is -0.128. The van der Waals surface area contributed by atoms with E-state index in [2.05, 4.69) is 5.32 Å². The van der Waals surface area contributed by atoms with Crippen molar-refractivity contribution < 1.29 is 9.59 Å². The molecule has 1 saturated carbocycles. The number of carbonyl (C=O) groups is 2. The fourth-order valence-electron chi connectivity index (χ4n) is 3.28. The molecule has 2 aromatic rings. The van der Waals surface area contributed by atoms with Gasteiger partial charge in [0.15, 0.2) is 0 Å². The van der Waals surface area contributed by atoms with Crippen molar-refractivity contribution in [2.75, 3.05) is 6.54 Å². The Morgan fingerprint density at radius 2 is 1.62 bits per heavy atom. The lowest BCUT2D eigenvalue weighted by Crippen LogP contribution is -2.37. The molecule has 1 heterocycles. The summed E-state index contributed by atoms with van der Waals surface area (Å²) in [5.74, 6) is 0.0623. The molecular formula is C20H20N2O2. The van der Waals surface area contributed by atoms with Crippen molar-refractivity contribution in [1.82, 2.24) is 10.2 Å². The van der Waals surface area contributed by atoms with Crippen LogP contribution in [0, 0.1) is 0 Å². The van der Waals surface area contributed by atoms with Crippen LogP contribution >= 0.6 is 0 Å². The van der Waals surface area contributed by atoms with Crippen LogP contribution in [0.2, 0.25) is 0 Å². The van der Waals surface area contributed by atoms with Crippen molar-refractivity contribution in [3.63, 3.8) is 0 Å². The van der Waals surface area contributed by atoms with Crippen LogP contribution in [0.25, 0.3) is 11.1 Å². The fourth-order valence-corrected chi connectivity index (χ4v) is 3.28. The van der Waals surface area contributed by atoms with Gasteiger partial charge in [-0.3, -0.25) is 9.59 Å². The van der Waals surface area contributed by atoms with E-state index in [1.54, 1.807) is 0 Å². The Hall–Kier alpha value is -2.62. The van der Waals surface area contributed by atoms with E-state index in [0.29, 0.717) is 24.6 Å². The molecule has 2 aliphatic rings. The van der Waals surface area contributed by atoms with Gasteiger partial charge in [-0.1, -0.05) is 42.5 Å². The Balaban J connectivity index is 1.41. The molecule has 2 amide bonds. The summed E-state index contributed by atoms with van der Waals surface area (Å²) in [5, 5.41) is 3.00. The standard InChI is InChI=1S/C20H20N2O2/c23-19-12-17(13-22(19)18-10-11-18)21-20(24)16-8-6-15(7-9-16)14-4-2-1-3-5-14/h1-9,17-18H,10-13H2,(H,21,24). The normalized spacial score (nSPS) is 20.2. The molecule has 2 fully saturated rings. The summed E-state index contributed by atoms with van der Waals surface area (Å²) >= 11 is 0. The zero-order valence-corrected chi connectivity index (χ0v) is 13.4. The number of nitrogens with zero attached hydrogens (tertiary/aromatic N) is 1. The lowest BCUT2D eigenvalue weighted by Gasteiger charge is -2.16. The highest BCUT2D eigenvalue weighted by Crippen LogP contribution is 2.30. The molecule has 1 atom stereocenters. The minimum absolute atomic E-state index is 0.0700. The fraction of sp³-hybridized carbons (Fsp3) is 0.300. The lowest BCUT2D eigenvalue weighted by atomic mass is 10.0. The first-order valence-corrected chi connectivity index (χ1v) is 8.46. The van der Waals surface area contributed by atoms with Crippen LogP contribution in [0.1, 0.15) is 29.6 Å². The molecular weight excluding hydrogens is 300 g/mol. The number of likely N-dealkylation sites (tertiary alicyclic amines) is 1. The summed E-state index contributed by atoms with van der Waals surface area (Å²) < 4.78 is 0. The third kappa shape index (κ3) is 3.04. The maximum absolute atomic E-state index is 12.4. The molecule has 4 rings (SSSR count). The van der Waals surface area contributed by atoms with Crippen molar-refractivity contribution >= 4 is 11.8 Å². The molecule has 4 heteroatoms. The van der Waals surface area contributed by atoms with Crippen LogP contribution in [0.4, 0.5) is 0 Å². The highest BCUT2D eigenvalue weighted by atomic mass is 16.2. The van der Waals surface area contributed by atoms with Crippen LogP contribution in [0.5, 0.6) is 0 Å². The van der Waals surface area contributed by atoms with Crippen LogP contribution in [-0.4, -0.2) is 35.3 Å². The van der Waals surface area contributed by atoms with E-state index in [4.69, 9.17) is 0 Å². The number of benzene rings is 2. The largest absolute Gasteiger partial charge is 0.347 e. The molecule has 0 bridgehead atoms. The predicted molar refractivity (Wildman–Crippen MR) is 92.5 cm³/mol. The van der Waals surface area contributed by atoms with Crippen LogP contribution in [0.15, 0.2) is 54.6 Å². The number of hydrogen-bond acceptors (Lipinski definition) is 2. The number of hydrogen-bond donors (Lipinski definition) is 1. The van der Waals surface area contributed by atoms with Crippen molar-refractivity contribution in [3.05, 3.63) is 60.2 Å². The SMILES string of the molecule is O=C(NC1CC(=O)N(C2CC2)C1)c1ccc(-c2ccccc2)cc1. The highest BCUT2D eigenvalue weighted by molar-refractivity contribution is 5.95. The second-order valence-corrected chi connectivity index (χ2v) is 6.60. The minimum atomic E-state index is -0.106. The Kier molecular flexibility index (Phi) is 3.81. The average molecular weight is 320 g/mol. The molecule has 0 aromatic heterocycles. The molecule has 0 spiro atoms. The molecule has 24 heavy (non-hydrogen) atoms. The van der Waals surface area contributed by atoms with Gasteiger partial charge in [0, 0.05) is 24.6 Å². The Morgan fingerprint density at radius 1 is 0.958 bits per heavy atom. The topological polar surface area (TPSA) is 49.4 Å². The second-order valence-electron chi connectivity index (χ2n) is 6.60. The van der Waals surface area contributed by atoms with Crippen LogP contribution in [-0.2, 0) is 4.79 Å². The van der Waals surface area contributed by atoms with Gasteiger partial charge in [-0.15, -0.1) is 0 Å². The molecule has 122 valence electrons. The average Bonchev–Trinajstić information content (AvgIpc) is 3.39. The van der Waals surface area contributed by atoms with Crippen molar-refractivity contribution in [3.8, 4) is 11.1 Å². The first kappa shape index (κ1) is 14.9. The van der Waals surface area contributed by atoms with E-state index in [1.165, 1.54) is 0 Å². The van der Waals surface area contributed by atoms with Gasteiger partial charge in [-0.2, -0.15) is 0 Å². The van der Waals surface area contributed by atoms with E-state index in [9.17, 15) is 9.59 Å². The summed E-state index contributed by atoms with van der Waals surface area (Å²) in [6.45, 7) is 0.650. The molecule has 1 aliphatic carbocycles. The molecule has 2 aromatic carbocycles. The summed E-state index contributed by atoms with van der Waals surface area (Å²) in [5.41, 5.74) is 2.85. The first-order chi connectivity index (χ1) is 11.7. The Bertz CT molecular complexity index is 751. The van der Waals surface area contributed by atoms with E-state index in [0.717, 1.165) is 24.0 Å². The highest BCUT2D eigenvalue weighted by Gasteiger charge is 2.39. The van der Waals surface area contributed by atoms with Crippen LogP contribution < -0.4 is 5.32 Å². The van der Waals surface area contributed by atoms with Gasteiger partial charge in [0.05, 0.1) is 6.04 Å². The van der Waals surface area contributed by atoms with Crippen molar-refractivity contribution in [2.24, 2.45) is 0 Å². The van der Waals surface area contributed by atoms with Crippen LogP contribution in [0.3, 0.4) is 0 Å².